The van der Waals surface area contributed by atoms with Gasteiger partial charge in [-0.1, -0.05) is 30.3 Å². The molecule has 3 rings (SSSR count). The number of aromatic nitrogens is 1. The Balaban J connectivity index is 2.03. The molecule has 6 heteroatoms. The van der Waals surface area contributed by atoms with Gasteiger partial charge in [-0.3, -0.25) is 0 Å². The van der Waals surface area contributed by atoms with Crippen molar-refractivity contribution in [1.82, 2.24) is 4.98 Å². The summed E-state index contributed by atoms with van der Waals surface area (Å²) in [7, 11) is -3.79. The van der Waals surface area contributed by atoms with E-state index in [1.165, 1.54) is 6.26 Å². The van der Waals surface area contributed by atoms with Crippen LogP contribution in [0.25, 0.3) is 0 Å². The first-order valence-electron chi connectivity index (χ1n) is 6.07. The molecule has 2 N–H and O–H groups in total. The molecule has 19 heavy (non-hydrogen) atoms. The highest BCUT2D eigenvalue weighted by Crippen LogP contribution is 2.40. The second-order valence-corrected chi connectivity index (χ2v) is 6.41. The fourth-order valence-corrected chi connectivity index (χ4v) is 3.08. The minimum absolute atomic E-state index is 0.339. The van der Waals surface area contributed by atoms with Crippen LogP contribution in [0.5, 0.6) is 0 Å². The second-order valence-electron chi connectivity index (χ2n) is 4.76. The van der Waals surface area contributed by atoms with E-state index < -0.39 is 15.3 Å². The van der Waals surface area contributed by atoms with Crippen LogP contribution in [0.1, 0.15) is 41.2 Å². The monoisotopic (exact) mass is 278 g/mol. The predicted molar refractivity (Wildman–Crippen MR) is 69.9 cm³/mol. The number of nitrogens with two attached hydrogens (primary N) is 1. The van der Waals surface area contributed by atoms with E-state index in [-0.39, 0.29) is 0 Å². The van der Waals surface area contributed by atoms with E-state index in [4.69, 9.17) is 9.56 Å². The lowest BCUT2D eigenvalue weighted by Gasteiger charge is -2.11. The number of hydrogen-bond acceptors (Lipinski definition) is 4. The third-order valence-corrected chi connectivity index (χ3v) is 4.34. The van der Waals surface area contributed by atoms with E-state index in [2.05, 4.69) is 4.98 Å². The number of benzene rings is 1. The van der Waals surface area contributed by atoms with Gasteiger partial charge in [-0.2, -0.15) is 0 Å². The first-order chi connectivity index (χ1) is 9.05. The third kappa shape index (κ3) is 2.54. The molecule has 0 amide bonds. The molecule has 1 aliphatic carbocycles. The highest BCUT2D eigenvalue weighted by atomic mass is 32.2. The molecular formula is C13H14N2O3S. The zero-order valence-corrected chi connectivity index (χ0v) is 11.0. The Hall–Kier alpha value is -1.66. The predicted octanol–water partition coefficient (Wildman–Crippen LogP) is 1.93. The van der Waals surface area contributed by atoms with Crippen molar-refractivity contribution in [2.75, 3.05) is 0 Å². The van der Waals surface area contributed by atoms with E-state index >= 15 is 0 Å². The van der Waals surface area contributed by atoms with E-state index in [1.807, 2.05) is 6.07 Å². The number of primary sulfonamides is 1. The van der Waals surface area contributed by atoms with Gasteiger partial charge in [-0.05, 0) is 18.4 Å². The van der Waals surface area contributed by atoms with Crippen LogP contribution in [0, 0.1) is 0 Å². The third-order valence-electron chi connectivity index (χ3n) is 3.17. The van der Waals surface area contributed by atoms with E-state index in [0.29, 0.717) is 23.1 Å². The molecule has 1 saturated carbocycles. The standard InChI is InChI=1S/C13H14N2O3S/c14-19(16,17)12(9-4-2-1-3-5-9)11-8-18-13(15-11)10-6-7-10/h1-5,8,10,12H,6-7H2,(H2,14,16,17). The Labute approximate surface area is 111 Å². The van der Waals surface area contributed by atoms with Gasteiger partial charge in [0, 0.05) is 5.92 Å². The van der Waals surface area contributed by atoms with Crippen molar-refractivity contribution in [3.05, 3.63) is 53.7 Å². The average Bonchev–Trinajstić information content (AvgIpc) is 3.10. The van der Waals surface area contributed by atoms with E-state index in [1.54, 1.807) is 24.3 Å². The van der Waals surface area contributed by atoms with E-state index in [9.17, 15) is 8.42 Å². The summed E-state index contributed by atoms with van der Waals surface area (Å²) in [6.45, 7) is 0. The van der Waals surface area contributed by atoms with E-state index in [0.717, 1.165) is 12.8 Å². The molecule has 1 aliphatic rings. The maximum Gasteiger partial charge on any atom is 0.222 e. The Morgan fingerprint density at radius 1 is 1.26 bits per heavy atom. The fourth-order valence-electron chi connectivity index (χ4n) is 2.10. The van der Waals surface area contributed by atoms with Gasteiger partial charge in [-0.25, -0.2) is 18.5 Å². The van der Waals surface area contributed by atoms with Gasteiger partial charge in [0.15, 0.2) is 5.89 Å². The van der Waals surface area contributed by atoms with Crippen LogP contribution in [-0.2, 0) is 10.0 Å². The van der Waals surface area contributed by atoms with Crippen LogP contribution in [0.15, 0.2) is 41.0 Å². The van der Waals surface area contributed by atoms with Crippen molar-refractivity contribution in [2.45, 2.75) is 24.0 Å². The number of oxazole rings is 1. The Morgan fingerprint density at radius 3 is 2.53 bits per heavy atom. The van der Waals surface area contributed by atoms with Crippen molar-refractivity contribution < 1.29 is 12.8 Å². The topological polar surface area (TPSA) is 86.2 Å². The number of nitrogens with zero attached hydrogens (tertiary/aromatic N) is 1. The molecule has 0 aliphatic heterocycles. The van der Waals surface area contributed by atoms with Crippen LogP contribution in [0.3, 0.4) is 0 Å². The van der Waals surface area contributed by atoms with Gasteiger partial charge >= 0.3 is 0 Å². The first-order valence-corrected chi connectivity index (χ1v) is 7.68. The fraction of sp³-hybridized carbons (Fsp3) is 0.308. The summed E-state index contributed by atoms with van der Waals surface area (Å²) in [5.41, 5.74) is 0.955. The number of hydrogen-bond donors (Lipinski definition) is 1. The number of sulfonamides is 1. The largest absolute Gasteiger partial charge is 0.448 e. The summed E-state index contributed by atoms with van der Waals surface area (Å²) in [4.78, 5) is 4.29. The molecule has 1 aromatic heterocycles. The van der Waals surface area contributed by atoms with Crippen molar-refractivity contribution in [3.8, 4) is 0 Å². The smallest absolute Gasteiger partial charge is 0.222 e. The highest BCUT2D eigenvalue weighted by Gasteiger charge is 2.33. The average molecular weight is 278 g/mol. The molecule has 1 heterocycles. The lowest BCUT2D eigenvalue weighted by molar-refractivity contribution is 0.497. The minimum Gasteiger partial charge on any atom is -0.448 e. The van der Waals surface area contributed by atoms with Gasteiger partial charge in [0.05, 0.1) is 0 Å². The molecule has 1 fully saturated rings. The summed E-state index contributed by atoms with van der Waals surface area (Å²) in [6, 6.07) is 8.81. The maximum absolute atomic E-state index is 11.8. The van der Waals surface area contributed by atoms with Crippen LogP contribution in [0.4, 0.5) is 0 Å². The molecule has 1 aromatic carbocycles. The molecular weight excluding hydrogens is 264 g/mol. The highest BCUT2D eigenvalue weighted by molar-refractivity contribution is 7.89. The minimum atomic E-state index is -3.79. The van der Waals surface area contributed by atoms with Crippen molar-refractivity contribution in [1.29, 1.82) is 0 Å². The molecule has 100 valence electrons. The number of rotatable bonds is 4. The van der Waals surface area contributed by atoms with Gasteiger partial charge in [0.25, 0.3) is 0 Å². The van der Waals surface area contributed by atoms with Crippen LogP contribution in [0.2, 0.25) is 0 Å². The molecule has 1 unspecified atom stereocenters. The van der Waals surface area contributed by atoms with Crippen molar-refractivity contribution in [3.63, 3.8) is 0 Å². The van der Waals surface area contributed by atoms with Gasteiger partial charge in [0.2, 0.25) is 10.0 Å². The molecule has 0 bridgehead atoms. The summed E-state index contributed by atoms with van der Waals surface area (Å²) in [5, 5.41) is 4.37. The molecule has 0 spiro atoms. The van der Waals surface area contributed by atoms with Gasteiger partial charge in [0.1, 0.15) is 17.2 Å². The van der Waals surface area contributed by atoms with Gasteiger partial charge < -0.3 is 4.42 Å². The quantitative estimate of drug-likeness (QED) is 0.925. The van der Waals surface area contributed by atoms with Crippen LogP contribution >= 0.6 is 0 Å². The Bertz CT molecular complexity index is 675. The molecule has 0 saturated heterocycles. The molecule has 2 aromatic rings. The first kappa shape index (κ1) is 12.4. The van der Waals surface area contributed by atoms with Crippen LogP contribution in [-0.4, -0.2) is 13.4 Å². The van der Waals surface area contributed by atoms with Crippen molar-refractivity contribution in [2.24, 2.45) is 5.14 Å². The summed E-state index contributed by atoms with van der Waals surface area (Å²) < 4.78 is 29.0. The Kier molecular flexibility index (Phi) is 2.91. The SMILES string of the molecule is NS(=O)(=O)C(c1ccccc1)c1coc(C2CC2)n1. The molecule has 0 radical (unpaired) electrons. The zero-order valence-electron chi connectivity index (χ0n) is 10.2. The molecule has 5 nitrogen and oxygen atoms in total. The summed E-state index contributed by atoms with van der Waals surface area (Å²) in [5.74, 6) is 0.949. The normalized spacial score (nSPS) is 17.3. The molecule has 1 atom stereocenters. The lowest BCUT2D eigenvalue weighted by atomic mass is 10.1. The lowest BCUT2D eigenvalue weighted by Crippen LogP contribution is -2.23. The maximum atomic E-state index is 11.8. The summed E-state index contributed by atoms with van der Waals surface area (Å²) >= 11 is 0. The second kappa shape index (κ2) is 4.47. The van der Waals surface area contributed by atoms with Crippen molar-refractivity contribution >= 4 is 10.0 Å². The zero-order chi connectivity index (χ0) is 13.5. The van der Waals surface area contributed by atoms with Crippen LogP contribution < -0.4 is 5.14 Å². The Morgan fingerprint density at radius 2 is 1.95 bits per heavy atom. The summed E-state index contributed by atoms with van der Waals surface area (Å²) in [6.07, 6.45) is 3.49. The van der Waals surface area contributed by atoms with Gasteiger partial charge in [-0.15, -0.1) is 0 Å².